The van der Waals surface area contributed by atoms with Crippen LogP contribution < -0.4 is 15.4 Å². The molecule has 0 aliphatic carbocycles. The lowest BCUT2D eigenvalue weighted by molar-refractivity contribution is 0.0944. The van der Waals surface area contributed by atoms with Crippen LogP contribution in [0.3, 0.4) is 0 Å². The van der Waals surface area contributed by atoms with E-state index in [1.54, 1.807) is 41.3 Å². The summed E-state index contributed by atoms with van der Waals surface area (Å²) in [6, 6.07) is 6.75. The SMILES string of the molecule is CCn1cc(NC(=O)c2ccn(COc3ccc(Cl)cc3Br)n2)c(C(=O)NCC(C)C)n1. The molecular weight excluding hydrogens is 500 g/mol. The van der Waals surface area contributed by atoms with Crippen LogP contribution in [0.5, 0.6) is 5.75 Å². The van der Waals surface area contributed by atoms with Gasteiger partial charge >= 0.3 is 0 Å². The fourth-order valence-corrected chi connectivity index (χ4v) is 3.49. The van der Waals surface area contributed by atoms with Crippen LogP contribution >= 0.6 is 27.5 Å². The van der Waals surface area contributed by atoms with Gasteiger partial charge in [0.25, 0.3) is 11.8 Å². The average molecular weight is 524 g/mol. The first-order valence-corrected chi connectivity index (χ1v) is 11.2. The predicted molar refractivity (Wildman–Crippen MR) is 125 cm³/mol. The summed E-state index contributed by atoms with van der Waals surface area (Å²) in [7, 11) is 0. The molecule has 0 aliphatic heterocycles. The second-order valence-corrected chi connectivity index (χ2v) is 8.68. The number of ether oxygens (including phenoxy) is 1. The molecule has 3 aromatic rings. The summed E-state index contributed by atoms with van der Waals surface area (Å²) in [6.45, 7) is 7.07. The molecule has 9 nitrogen and oxygen atoms in total. The van der Waals surface area contributed by atoms with E-state index in [9.17, 15) is 9.59 Å². The highest BCUT2D eigenvalue weighted by atomic mass is 79.9. The lowest BCUT2D eigenvalue weighted by Crippen LogP contribution is -2.28. The third-order valence-corrected chi connectivity index (χ3v) is 5.19. The van der Waals surface area contributed by atoms with E-state index in [4.69, 9.17) is 16.3 Å². The highest BCUT2D eigenvalue weighted by molar-refractivity contribution is 9.10. The van der Waals surface area contributed by atoms with Gasteiger partial charge in [0.15, 0.2) is 18.1 Å². The smallest absolute Gasteiger partial charge is 0.276 e. The Morgan fingerprint density at radius 2 is 1.97 bits per heavy atom. The Balaban J connectivity index is 1.67. The second-order valence-electron chi connectivity index (χ2n) is 7.39. The Morgan fingerprint density at radius 3 is 2.66 bits per heavy atom. The maximum Gasteiger partial charge on any atom is 0.276 e. The number of aryl methyl sites for hydroxylation is 1. The van der Waals surface area contributed by atoms with E-state index in [1.165, 1.54) is 4.68 Å². The van der Waals surface area contributed by atoms with Crippen LogP contribution in [0.4, 0.5) is 5.69 Å². The Kier molecular flexibility index (Phi) is 7.92. The van der Waals surface area contributed by atoms with Gasteiger partial charge in [-0.05, 0) is 53.0 Å². The Bertz CT molecular complexity index is 1110. The number of benzene rings is 1. The zero-order chi connectivity index (χ0) is 23.3. The lowest BCUT2D eigenvalue weighted by atomic mass is 10.2. The van der Waals surface area contributed by atoms with Crippen molar-refractivity contribution < 1.29 is 14.3 Å². The molecule has 0 radical (unpaired) electrons. The third kappa shape index (κ3) is 6.10. The Hall–Kier alpha value is -2.85. The first-order valence-electron chi connectivity index (χ1n) is 10.0. The summed E-state index contributed by atoms with van der Waals surface area (Å²) in [5.74, 6) is 0.100. The number of carbonyl (C=O) groups excluding carboxylic acids is 2. The van der Waals surface area contributed by atoms with E-state index >= 15 is 0 Å². The summed E-state index contributed by atoms with van der Waals surface area (Å²) in [6.07, 6.45) is 3.25. The van der Waals surface area contributed by atoms with Crippen molar-refractivity contribution in [1.29, 1.82) is 0 Å². The van der Waals surface area contributed by atoms with Gasteiger partial charge in [0.1, 0.15) is 5.75 Å². The van der Waals surface area contributed by atoms with E-state index in [2.05, 4.69) is 36.8 Å². The number of aromatic nitrogens is 4. The monoisotopic (exact) mass is 522 g/mol. The molecule has 2 N–H and O–H groups in total. The van der Waals surface area contributed by atoms with Crippen LogP contribution in [0.25, 0.3) is 0 Å². The number of amides is 2. The van der Waals surface area contributed by atoms with Crippen molar-refractivity contribution >= 4 is 45.0 Å². The van der Waals surface area contributed by atoms with Gasteiger partial charge < -0.3 is 15.4 Å². The minimum atomic E-state index is -0.454. The standard InChI is InChI=1S/C21H24BrClN6O3/c1-4-28-11-17(19(27-28)21(31)24-10-13(2)3)25-20(30)16-7-8-29(26-16)12-32-18-6-5-14(23)9-15(18)22/h5-9,11,13H,4,10,12H2,1-3H3,(H,24,31)(H,25,30). The predicted octanol–water partition coefficient (Wildman–Crippen LogP) is 4.19. The molecule has 2 aromatic heterocycles. The van der Waals surface area contributed by atoms with E-state index in [-0.39, 0.29) is 24.0 Å². The number of carbonyl (C=O) groups is 2. The number of rotatable bonds is 9. The zero-order valence-electron chi connectivity index (χ0n) is 17.9. The number of hydrogen-bond donors (Lipinski definition) is 2. The van der Waals surface area contributed by atoms with Crippen LogP contribution in [-0.4, -0.2) is 37.9 Å². The molecule has 170 valence electrons. The molecule has 32 heavy (non-hydrogen) atoms. The van der Waals surface area contributed by atoms with E-state index in [1.807, 2.05) is 20.8 Å². The van der Waals surface area contributed by atoms with Gasteiger partial charge in [0.2, 0.25) is 0 Å². The van der Waals surface area contributed by atoms with Crippen LogP contribution in [0.2, 0.25) is 5.02 Å². The van der Waals surface area contributed by atoms with Crippen LogP contribution in [-0.2, 0) is 13.3 Å². The summed E-state index contributed by atoms with van der Waals surface area (Å²) in [5, 5.41) is 14.6. The van der Waals surface area contributed by atoms with Gasteiger partial charge in [-0.15, -0.1) is 0 Å². The Morgan fingerprint density at radius 1 is 1.19 bits per heavy atom. The quantitative estimate of drug-likeness (QED) is 0.438. The molecule has 0 saturated heterocycles. The lowest BCUT2D eigenvalue weighted by Gasteiger charge is -2.08. The number of anilines is 1. The first kappa shape index (κ1) is 23.8. The summed E-state index contributed by atoms with van der Waals surface area (Å²) >= 11 is 9.32. The van der Waals surface area contributed by atoms with Crippen LogP contribution in [0.15, 0.2) is 41.1 Å². The largest absolute Gasteiger partial charge is 0.470 e. The van der Waals surface area contributed by atoms with Gasteiger partial charge in [-0.1, -0.05) is 25.4 Å². The number of hydrogen-bond acceptors (Lipinski definition) is 5. The second kappa shape index (κ2) is 10.6. The fraction of sp³-hybridized carbons (Fsp3) is 0.333. The molecule has 0 spiro atoms. The van der Waals surface area contributed by atoms with E-state index in [0.29, 0.717) is 39.9 Å². The van der Waals surface area contributed by atoms with Crippen molar-refractivity contribution in [3.63, 3.8) is 0 Å². The van der Waals surface area contributed by atoms with E-state index < -0.39 is 5.91 Å². The van der Waals surface area contributed by atoms with E-state index in [0.717, 1.165) is 0 Å². The minimum absolute atomic E-state index is 0.101. The first-order chi connectivity index (χ1) is 15.3. The van der Waals surface area contributed by atoms with Crippen LogP contribution in [0, 0.1) is 5.92 Å². The van der Waals surface area contributed by atoms with Crippen molar-refractivity contribution in [2.75, 3.05) is 11.9 Å². The average Bonchev–Trinajstić information content (AvgIpc) is 3.38. The molecule has 0 unspecified atom stereocenters. The molecule has 2 amide bonds. The van der Waals surface area contributed by atoms with Gasteiger partial charge in [-0.3, -0.25) is 14.3 Å². The topological polar surface area (TPSA) is 103 Å². The van der Waals surface area contributed by atoms with Gasteiger partial charge in [-0.2, -0.15) is 10.2 Å². The summed E-state index contributed by atoms with van der Waals surface area (Å²) in [4.78, 5) is 25.2. The van der Waals surface area contributed by atoms with Crippen molar-refractivity contribution in [2.45, 2.75) is 34.0 Å². The van der Waals surface area contributed by atoms with Crippen molar-refractivity contribution in [3.8, 4) is 5.75 Å². The maximum atomic E-state index is 12.7. The fourth-order valence-electron chi connectivity index (χ4n) is 2.69. The molecule has 3 rings (SSSR count). The van der Waals surface area contributed by atoms with Crippen molar-refractivity contribution in [1.82, 2.24) is 24.9 Å². The Labute approximate surface area is 199 Å². The molecule has 1 aromatic carbocycles. The summed E-state index contributed by atoms with van der Waals surface area (Å²) < 4.78 is 9.50. The maximum absolute atomic E-state index is 12.7. The molecular formula is C21H24BrClN6O3. The normalized spacial score (nSPS) is 10.9. The molecule has 2 heterocycles. The van der Waals surface area contributed by atoms with Gasteiger partial charge in [0.05, 0.1) is 10.2 Å². The number of nitrogens with one attached hydrogen (secondary N) is 2. The number of nitrogens with zero attached hydrogens (tertiary/aromatic N) is 4. The molecule has 0 aliphatic rings. The molecule has 0 bridgehead atoms. The molecule has 11 heteroatoms. The van der Waals surface area contributed by atoms with Crippen molar-refractivity contribution in [2.24, 2.45) is 5.92 Å². The van der Waals surface area contributed by atoms with Gasteiger partial charge in [0, 0.05) is 30.5 Å². The summed E-state index contributed by atoms with van der Waals surface area (Å²) in [5.41, 5.74) is 0.673. The molecule has 0 atom stereocenters. The highest BCUT2D eigenvalue weighted by Gasteiger charge is 2.20. The number of halogens is 2. The highest BCUT2D eigenvalue weighted by Crippen LogP contribution is 2.28. The third-order valence-electron chi connectivity index (χ3n) is 4.34. The molecule has 0 saturated carbocycles. The van der Waals surface area contributed by atoms with Crippen molar-refractivity contribution in [3.05, 3.63) is 57.5 Å². The molecule has 0 fully saturated rings. The zero-order valence-corrected chi connectivity index (χ0v) is 20.3. The van der Waals surface area contributed by atoms with Gasteiger partial charge in [-0.25, -0.2) is 4.68 Å². The van der Waals surface area contributed by atoms with Crippen LogP contribution in [0.1, 0.15) is 41.7 Å². The minimum Gasteiger partial charge on any atom is -0.470 e.